The maximum Gasteiger partial charge on any atom is 0.212 e. The van der Waals surface area contributed by atoms with Crippen molar-refractivity contribution in [2.45, 2.75) is 9.06 Å². The zero-order valence-corrected chi connectivity index (χ0v) is 10.4. The van der Waals surface area contributed by atoms with Crippen molar-refractivity contribution in [1.82, 2.24) is 0 Å². The van der Waals surface area contributed by atoms with Crippen LogP contribution in [0.4, 0.5) is 5.69 Å². The fourth-order valence-electron chi connectivity index (χ4n) is 0.866. The standard InChI is InChI=1S/C8H5Cl2NO2S2/c9-8(10)15(12,13)7-3-1-6(2-4-7)11-5-14/h1-4,8H. The average molecular weight is 282 g/mol. The Morgan fingerprint density at radius 3 is 2.20 bits per heavy atom. The van der Waals surface area contributed by atoms with Crippen molar-refractivity contribution < 1.29 is 8.42 Å². The molecule has 0 saturated heterocycles. The topological polar surface area (TPSA) is 46.5 Å². The van der Waals surface area contributed by atoms with Crippen LogP contribution in [0, 0.1) is 0 Å². The third-order valence-corrected chi connectivity index (χ3v) is 4.47. The number of aliphatic imine (C=N–C) groups is 1. The van der Waals surface area contributed by atoms with E-state index in [2.05, 4.69) is 22.4 Å². The summed E-state index contributed by atoms with van der Waals surface area (Å²) in [5.41, 5.74) is 0.518. The number of thiocarbonyl (C=S) groups is 1. The van der Waals surface area contributed by atoms with Crippen LogP contribution in [0.25, 0.3) is 0 Å². The average Bonchev–Trinajstić information content (AvgIpc) is 2.19. The summed E-state index contributed by atoms with van der Waals surface area (Å²) < 4.78 is 21.5. The number of isothiocyanates is 1. The molecule has 0 heterocycles. The Kier molecular flexibility index (Phi) is 4.25. The molecule has 1 aromatic rings. The van der Waals surface area contributed by atoms with Gasteiger partial charge in [-0.1, -0.05) is 23.2 Å². The van der Waals surface area contributed by atoms with Gasteiger partial charge in [0.15, 0.2) is 0 Å². The molecule has 80 valence electrons. The van der Waals surface area contributed by atoms with E-state index in [0.717, 1.165) is 0 Å². The lowest BCUT2D eigenvalue weighted by atomic mass is 10.3. The van der Waals surface area contributed by atoms with Gasteiger partial charge in [-0.25, -0.2) is 8.42 Å². The van der Waals surface area contributed by atoms with Gasteiger partial charge in [0.25, 0.3) is 0 Å². The van der Waals surface area contributed by atoms with Gasteiger partial charge in [0.05, 0.1) is 15.7 Å². The minimum absolute atomic E-state index is 0.0424. The number of hydrogen-bond donors (Lipinski definition) is 0. The lowest BCUT2D eigenvalue weighted by molar-refractivity contribution is 0.598. The number of hydrogen-bond acceptors (Lipinski definition) is 4. The van der Waals surface area contributed by atoms with Gasteiger partial charge < -0.3 is 0 Å². The van der Waals surface area contributed by atoms with Crippen LogP contribution in [0.2, 0.25) is 0 Å². The molecule has 0 aliphatic rings. The first kappa shape index (κ1) is 12.6. The summed E-state index contributed by atoms with van der Waals surface area (Å²) in [4.78, 5) is 3.72. The molecule has 7 heteroatoms. The highest BCUT2D eigenvalue weighted by atomic mass is 35.5. The van der Waals surface area contributed by atoms with Crippen molar-refractivity contribution in [3.63, 3.8) is 0 Å². The highest BCUT2D eigenvalue weighted by Gasteiger charge is 2.22. The predicted molar refractivity (Wildman–Crippen MR) is 63.8 cm³/mol. The first-order valence-electron chi connectivity index (χ1n) is 3.68. The summed E-state index contributed by atoms with van der Waals surface area (Å²) >= 11 is 15.1. The Bertz CT molecular complexity index is 490. The molecule has 0 spiro atoms. The second-order valence-electron chi connectivity index (χ2n) is 2.50. The molecule has 1 aromatic carbocycles. The molecule has 0 N–H and O–H groups in total. The van der Waals surface area contributed by atoms with Gasteiger partial charge in [0.2, 0.25) is 14.0 Å². The molecule has 0 aromatic heterocycles. The van der Waals surface area contributed by atoms with Crippen molar-refractivity contribution in [2.24, 2.45) is 4.99 Å². The lowest BCUT2D eigenvalue weighted by Gasteiger charge is -2.03. The number of halogens is 2. The lowest BCUT2D eigenvalue weighted by Crippen LogP contribution is -2.08. The number of benzene rings is 1. The summed E-state index contributed by atoms with van der Waals surface area (Å²) in [7, 11) is -3.67. The van der Waals surface area contributed by atoms with E-state index in [1.54, 1.807) is 0 Å². The molecule has 15 heavy (non-hydrogen) atoms. The fraction of sp³-hybridized carbons (Fsp3) is 0.125. The number of rotatable bonds is 3. The van der Waals surface area contributed by atoms with Crippen molar-refractivity contribution in [2.75, 3.05) is 0 Å². The molecule has 0 bridgehead atoms. The van der Waals surface area contributed by atoms with E-state index < -0.39 is 14.0 Å². The number of alkyl halides is 2. The molecule has 3 nitrogen and oxygen atoms in total. The number of sulfone groups is 1. The molecule has 1 rings (SSSR count). The molecule has 0 fully saturated rings. The van der Waals surface area contributed by atoms with E-state index in [9.17, 15) is 8.42 Å². The monoisotopic (exact) mass is 281 g/mol. The Morgan fingerprint density at radius 2 is 1.80 bits per heavy atom. The second kappa shape index (κ2) is 5.05. The third-order valence-electron chi connectivity index (χ3n) is 1.57. The van der Waals surface area contributed by atoms with E-state index in [0.29, 0.717) is 5.69 Å². The Morgan fingerprint density at radius 1 is 1.27 bits per heavy atom. The van der Waals surface area contributed by atoms with Crippen LogP contribution in [0.5, 0.6) is 0 Å². The van der Waals surface area contributed by atoms with Gasteiger partial charge in [-0.15, -0.1) is 0 Å². The SMILES string of the molecule is O=S(=O)(c1ccc(N=C=S)cc1)C(Cl)Cl. The Hall–Kier alpha value is -0.450. The van der Waals surface area contributed by atoms with Crippen LogP contribution in [0.3, 0.4) is 0 Å². The van der Waals surface area contributed by atoms with Gasteiger partial charge in [-0.05, 0) is 36.5 Å². The maximum absolute atomic E-state index is 11.5. The Balaban J connectivity index is 3.15. The van der Waals surface area contributed by atoms with Gasteiger partial charge in [0.1, 0.15) is 0 Å². The van der Waals surface area contributed by atoms with E-state index in [1.165, 1.54) is 24.3 Å². The van der Waals surface area contributed by atoms with Gasteiger partial charge >= 0.3 is 0 Å². The summed E-state index contributed by atoms with van der Waals surface area (Å²) in [6.07, 6.45) is 0. The summed E-state index contributed by atoms with van der Waals surface area (Å²) in [5.74, 6) is 0. The molecule has 0 unspecified atom stereocenters. The van der Waals surface area contributed by atoms with Gasteiger partial charge in [-0.3, -0.25) is 0 Å². The van der Waals surface area contributed by atoms with E-state index in [-0.39, 0.29) is 4.90 Å². The first-order chi connectivity index (χ1) is 6.98. The smallest absolute Gasteiger partial charge is 0.212 e. The van der Waals surface area contributed by atoms with Crippen LogP contribution in [0.1, 0.15) is 0 Å². The summed E-state index contributed by atoms with van der Waals surface area (Å²) in [6.45, 7) is 0. The Labute approximate surface area is 103 Å². The zero-order valence-electron chi connectivity index (χ0n) is 7.22. The van der Waals surface area contributed by atoms with Gasteiger partial charge in [0, 0.05) is 0 Å². The predicted octanol–water partition coefficient (Wildman–Crippen LogP) is 2.96. The van der Waals surface area contributed by atoms with Crippen LogP contribution in [0.15, 0.2) is 34.2 Å². The summed E-state index contributed by atoms with van der Waals surface area (Å²) in [6, 6.07) is 5.70. The summed E-state index contributed by atoms with van der Waals surface area (Å²) in [5, 5.41) is 2.17. The van der Waals surface area contributed by atoms with Crippen LogP contribution in [-0.4, -0.2) is 17.7 Å². The molecule has 0 saturated carbocycles. The highest BCUT2D eigenvalue weighted by Crippen LogP contribution is 2.23. The minimum atomic E-state index is -3.67. The quantitative estimate of drug-likeness (QED) is 0.486. The largest absolute Gasteiger partial charge is 0.221 e. The first-order valence-corrected chi connectivity index (χ1v) is 6.51. The molecule has 0 amide bonds. The van der Waals surface area contributed by atoms with Crippen molar-refractivity contribution in [3.8, 4) is 0 Å². The van der Waals surface area contributed by atoms with E-state index in [1.807, 2.05) is 0 Å². The van der Waals surface area contributed by atoms with Crippen molar-refractivity contribution in [3.05, 3.63) is 24.3 Å². The molecular formula is C8H5Cl2NO2S2. The molecule has 0 atom stereocenters. The fourth-order valence-corrected chi connectivity index (χ4v) is 2.31. The maximum atomic E-state index is 11.5. The molecular weight excluding hydrogens is 277 g/mol. The van der Waals surface area contributed by atoms with Crippen molar-refractivity contribution >= 4 is 56.1 Å². The van der Waals surface area contributed by atoms with Gasteiger partial charge in [-0.2, -0.15) is 4.99 Å². The molecule has 0 aliphatic carbocycles. The van der Waals surface area contributed by atoms with Crippen molar-refractivity contribution in [1.29, 1.82) is 0 Å². The van der Waals surface area contributed by atoms with Crippen LogP contribution in [-0.2, 0) is 9.84 Å². The third kappa shape index (κ3) is 3.00. The molecule has 0 radical (unpaired) electrons. The van der Waals surface area contributed by atoms with Crippen LogP contribution < -0.4 is 0 Å². The van der Waals surface area contributed by atoms with E-state index >= 15 is 0 Å². The van der Waals surface area contributed by atoms with E-state index in [4.69, 9.17) is 23.2 Å². The minimum Gasteiger partial charge on any atom is -0.221 e. The normalized spacial score (nSPS) is 11.1. The molecule has 0 aliphatic heterocycles. The zero-order chi connectivity index (χ0) is 11.5. The number of nitrogens with zero attached hydrogens (tertiary/aromatic N) is 1. The second-order valence-corrected chi connectivity index (χ2v) is 6.33. The highest BCUT2D eigenvalue weighted by molar-refractivity contribution is 7.94. The van der Waals surface area contributed by atoms with Crippen LogP contribution >= 0.6 is 35.4 Å².